The van der Waals surface area contributed by atoms with E-state index in [1.165, 1.54) is 17.9 Å². The minimum absolute atomic E-state index is 0.185. The molecule has 2 N–H and O–H groups in total. The lowest BCUT2D eigenvalue weighted by atomic mass is 10.1. The number of hydrogen-bond donors (Lipinski definition) is 2. The first-order valence-electron chi connectivity index (χ1n) is 4.69. The van der Waals surface area contributed by atoms with Gasteiger partial charge in [0.25, 0.3) is 0 Å². The molecule has 3 heteroatoms. The Hall–Kier alpha value is 0.270. The molecular weight excluding hydrogens is 170 g/mol. The highest BCUT2D eigenvalue weighted by Crippen LogP contribution is 2.17. The number of hydrogen-bond acceptors (Lipinski definition) is 3. The van der Waals surface area contributed by atoms with E-state index in [9.17, 15) is 5.11 Å². The average molecular weight is 189 g/mol. The minimum Gasteiger partial charge on any atom is -0.392 e. The fourth-order valence-electron chi connectivity index (χ4n) is 1.22. The summed E-state index contributed by atoms with van der Waals surface area (Å²) in [5.41, 5.74) is 0. The normalized spacial score (nSPS) is 26.5. The van der Waals surface area contributed by atoms with Crippen molar-refractivity contribution in [1.82, 2.24) is 5.32 Å². The molecule has 2 nitrogen and oxygen atoms in total. The van der Waals surface area contributed by atoms with E-state index in [2.05, 4.69) is 19.2 Å². The predicted octanol–water partition coefficient (Wildman–Crippen LogP) is 1.10. The molecule has 0 spiro atoms. The van der Waals surface area contributed by atoms with Gasteiger partial charge in [-0.1, -0.05) is 13.8 Å². The van der Waals surface area contributed by atoms with Gasteiger partial charge in [-0.2, -0.15) is 11.8 Å². The maximum Gasteiger partial charge on any atom is 0.0687 e. The Balaban J connectivity index is 2.07. The molecule has 1 aliphatic rings. The van der Waals surface area contributed by atoms with Crippen molar-refractivity contribution in [3.05, 3.63) is 0 Å². The van der Waals surface area contributed by atoms with Gasteiger partial charge in [-0.3, -0.25) is 0 Å². The zero-order chi connectivity index (χ0) is 8.97. The van der Waals surface area contributed by atoms with Crippen LogP contribution in [0.2, 0.25) is 0 Å². The van der Waals surface area contributed by atoms with E-state index < -0.39 is 0 Å². The van der Waals surface area contributed by atoms with Crippen molar-refractivity contribution < 1.29 is 5.11 Å². The average Bonchev–Trinajstić information content (AvgIpc) is 2.51. The van der Waals surface area contributed by atoms with Crippen LogP contribution in [-0.4, -0.2) is 35.3 Å². The van der Waals surface area contributed by atoms with Crippen LogP contribution < -0.4 is 5.32 Å². The van der Waals surface area contributed by atoms with Crippen LogP contribution in [0.5, 0.6) is 0 Å². The first-order valence-corrected chi connectivity index (χ1v) is 5.85. The third-order valence-electron chi connectivity index (χ3n) is 2.31. The molecule has 72 valence electrons. The van der Waals surface area contributed by atoms with Gasteiger partial charge in [0.05, 0.1) is 6.10 Å². The highest BCUT2D eigenvalue weighted by molar-refractivity contribution is 7.99. The minimum atomic E-state index is -0.185. The summed E-state index contributed by atoms with van der Waals surface area (Å²) in [5, 5.41) is 12.9. The first kappa shape index (κ1) is 10.4. The number of aliphatic hydroxyl groups excluding tert-OH is 1. The molecule has 0 bridgehead atoms. The number of aliphatic hydroxyl groups is 1. The van der Waals surface area contributed by atoms with Gasteiger partial charge >= 0.3 is 0 Å². The van der Waals surface area contributed by atoms with Gasteiger partial charge in [-0.25, -0.2) is 0 Å². The smallest absolute Gasteiger partial charge is 0.0687 e. The van der Waals surface area contributed by atoms with E-state index >= 15 is 0 Å². The maximum atomic E-state index is 9.52. The van der Waals surface area contributed by atoms with Gasteiger partial charge in [-0.15, -0.1) is 0 Å². The zero-order valence-corrected chi connectivity index (χ0v) is 8.73. The molecule has 12 heavy (non-hydrogen) atoms. The maximum absolute atomic E-state index is 9.52. The van der Waals surface area contributed by atoms with Crippen LogP contribution in [0.15, 0.2) is 0 Å². The summed E-state index contributed by atoms with van der Waals surface area (Å²) in [6, 6.07) is 0.642. The van der Waals surface area contributed by atoms with Gasteiger partial charge in [0.1, 0.15) is 0 Å². The quantitative estimate of drug-likeness (QED) is 0.694. The lowest BCUT2D eigenvalue weighted by molar-refractivity contribution is 0.121. The fourth-order valence-corrected chi connectivity index (χ4v) is 2.41. The molecule has 1 heterocycles. The third kappa shape index (κ3) is 3.33. The molecule has 1 rings (SSSR count). The van der Waals surface area contributed by atoms with Crippen molar-refractivity contribution in [2.24, 2.45) is 5.92 Å². The topological polar surface area (TPSA) is 32.3 Å². The summed E-state index contributed by atoms with van der Waals surface area (Å²) >= 11 is 2.00. The summed E-state index contributed by atoms with van der Waals surface area (Å²) < 4.78 is 0. The van der Waals surface area contributed by atoms with E-state index in [-0.39, 0.29) is 6.10 Å². The van der Waals surface area contributed by atoms with Crippen molar-refractivity contribution in [2.75, 3.05) is 18.1 Å². The molecule has 0 aromatic carbocycles. The highest BCUT2D eigenvalue weighted by atomic mass is 32.2. The SMILES string of the molecule is CC(C)C(O)CNC1CCSC1. The second-order valence-electron chi connectivity index (χ2n) is 3.78. The first-order chi connectivity index (χ1) is 5.70. The number of thioether (sulfide) groups is 1. The summed E-state index contributed by atoms with van der Waals surface area (Å²) in [4.78, 5) is 0. The van der Waals surface area contributed by atoms with Crippen LogP contribution >= 0.6 is 11.8 Å². The lowest BCUT2D eigenvalue weighted by Gasteiger charge is -2.18. The van der Waals surface area contributed by atoms with Gasteiger partial charge in [-0.05, 0) is 18.1 Å². The number of nitrogens with one attached hydrogen (secondary N) is 1. The second-order valence-corrected chi connectivity index (χ2v) is 4.93. The summed E-state index contributed by atoms with van der Waals surface area (Å²) in [6.45, 7) is 4.86. The zero-order valence-electron chi connectivity index (χ0n) is 7.92. The molecule has 0 saturated carbocycles. The van der Waals surface area contributed by atoms with Crippen molar-refractivity contribution in [3.63, 3.8) is 0 Å². The summed E-state index contributed by atoms with van der Waals surface area (Å²) in [7, 11) is 0. The molecule has 0 aromatic rings. The van der Waals surface area contributed by atoms with Gasteiger partial charge < -0.3 is 10.4 Å². The fraction of sp³-hybridized carbons (Fsp3) is 1.00. The molecule has 0 radical (unpaired) electrons. The standard InChI is InChI=1S/C9H19NOS/c1-7(2)9(11)5-10-8-3-4-12-6-8/h7-11H,3-6H2,1-2H3. The van der Waals surface area contributed by atoms with E-state index in [4.69, 9.17) is 0 Å². The van der Waals surface area contributed by atoms with Crippen molar-refractivity contribution >= 4 is 11.8 Å². The Morgan fingerprint density at radius 1 is 1.58 bits per heavy atom. The Morgan fingerprint density at radius 2 is 2.33 bits per heavy atom. The highest BCUT2D eigenvalue weighted by Gasteiger charge is 2.16. The van der Waals surface area contributed by atoms with Crippen LogP contribution in [0.1, 0.15) is 20.3 Å². The molecule has 1 saturated heterocycles. The van der Waals surface area contributed by atoms with Gasteiger partial charge in [0.2, 0.25) is 0 Å². The molecular formula is C9H19NOS. The van der Waals surface area contributed by atoms with Crippen molar-refractivity contribution in [2.45, 2.75) is 32.4 Å². The summed E-state index contributed by atoms with van der Waals surface area (Å²) in [6.07, 6.45) is 1.07. The van der Waals surface area contributed by atoms with E-state index in [1.54, 1.807) is 0 Å². The molecule has 2 unspecified atom stereocenters. The van der Waals surface area contributed by atoms with Crippen LogP contribution in [0, 0.1) is 5.92 Å². The molecule has 0 amide bonds. The van der Waals surface area contributed by atoms with Crippen LogP contribution in [-0.2, 0) is 0 Å². The second kappa shape index (κ2) is 5.10. The van der Waals surface area contributed by atoms with Crippen LogP contribution in [0.3, 0.4) is 0 Å². The van der Waals surface area contributed by atoms with Gasteiger partial charge in [0.15, 0.2) is 0 Å². The largest absolute Gasteiger partial charge is 0.392 e. The monoisotopic (exact) mass is 189 g/mol. The Bertz CT molecular complexity index is 122. The number of rotatable bonds is 4. The Labute approximate surface area is 79.1 Å². The van der Waals surface area contributed by atoms with E-state index in [1.807, 2.05) is 11.8 Å². The van der Waals surface area contributed by atoms with Crippen LogP contribution in [0.25, 0.3) is 0 Å². The Morgan fingerprint density at radius 3 is 2.83 bits per heavy atom. The molecule has 0 aliphatic carbocycles. The van der Waals surface area contributed by atoms with E-state index in [0.717, 1.165) is 6.54 Å². The van der Waals surface area contributed by atoms with Crippen molar-refractivity contribution in [3.8, 4) is 0 Å². The Kier molecular flexibility index (Phi) is 4.40. The van der Waals surface area contributed by atoms with Crippen LogP contribution in [0.4, 0.5) is 0 Å². The van der Waals surface area contributed by atoms with Crippen molar-refractivity contribution in [1.29, 1.82) is 0 Å². The van der Waals surface area contributed by atoms with E-state index in [0.29, 0.717) is 12.0 Å². The lowest BCUT2D eigenvalue weighted by Crippen LogP contribution is -2.37. The molecule has 0 aromatic heterocycles. The van der Waals surface area contributed by atoms with Gasteiger partial charge in [0, 0.05) is 18.3 Å². The summed E-state index contributed by atoms with van der Waals surface area (Å²) in [5.74, 6) is 2.85. The third-order valence-corrected chi connectivity index (χ3v) is 3.48. The molecule has 2 atom stereocenters. The molecule has 1 fully saturated rings. The molecule has 1 aliphatic heterocycles. The predicted molar refractivity (Wildman–Crippen MR) is 54.6 cm³/mol.